The van der Waals surface area contributed by atoms with Gasteiger partial charge < -0.3 is 15.0 Å². The molecule has 0 fully saturated rings. The highest BCUT2D eigenvalue weighted by Gasteiger charge is 2.33. The van der Waals surface area contributed by atoms with Crippen LogP contribution in [0.5, 0.6) is 5.75 Å². The standard InChI is InChI=1S/C27H23FN4O3/c1-35-24-10-6-5-9-20(24)18-32(27(34)23-17-29-15-16-30-23)25(19-7-3-2-4-8-19)26(33)31-22-13-11-21(28)12-14-22/h2-17,25H,18H2,1H3,(H,31,33)/t25-/m1/s1. The summed E-state index contributed by atoms with van der Waals surface area (Å²) in [5.74, 6) is -0.782. The maximum Gasteiger partial charge on any atom is 0.275 e. The smallest absolute Gasteiger partial charge is 0.275 e. The number of aromatic nitrogens is 2. The summed E-state index contributed by atoms with van der Waals surface area (Å²) in [6, 6.07) is 20.6. The summed E-state index contributed by atoms with van der Waals surface area (Å²) >= 11 is 0. The molecule has 0 saturated heterocycles. The highest BCUT2D eigenvalue weighted by atomic mass is 19.1. The fourth-order valence-corrected chi connectivity index (χ4v) is 3.71. The number of carbonyl (C=O) groups is 2. The van der Waals surface area contributed by atoms with Crippen LogP contribution in [0.3, 0.4) is 0 Å². The van der Waals surface area contributed by atoms with E-state index in [9.17, 15) is 14.0 Å². The second-order valence-corrected chi connectivity index (χ2v) is 7.64. The van der Waals surface area contributed by atoms with Gasteiger partial charge in [-0.15, -0.1) is 0 Å². The van der Waals surface area contributed by atoms with Crippen LogP contribution in [0.25, 0.3) is 0 Å². The van der Waals surface area contributed by atoms with E-state index in [4.69, 9.17) is 4.74 Å². The molecule has 7 nitrogen and oxygen atoms in total. The average molecular weight is 471 g/mol. The molecule has 1 atom stereocenters. The molecule has 3 aromatic carbocycles. The largest absolute Gasteiger partial charge is 0.496 e. The third-order valence-electron chi connectivity index (χ3n) is 5.36. The van der Waals surface area contributed by atoms with Gasteiger partial charge in [0.1, 0.15) is 23.3 Å². The number of anilines is 1. The summed E-state index contributed by atoms with van der Waals surface area (Å²) in [7, 11) is 1.55. The molecule has 35 heavy (non-hydrogen) atoms. The molecule has 1 aromatic heterocycles. The Balaban J connectivity index is 1.79. The monoisotopic (exact) mass is 470 g/mol. The lowest BCUT2D eigenvalue weighted by molar-refractivity contribution is -0.121. The molecule has 0 radical (unpaired) electrons. The van der Waals surface area contributed by atoms with Crippen molar-refractivity contribution < 1.29 is 18.7 Å². The average Bonchev–Trinajstić information content (AvgIpc) is 2.90. The van der Waals surface area contributed by atoms with E-state index < -0.39 is 23.7 Å². The van der Waals surface area contributed by atoms with Gasteiger partial charge in [-0.3, -0.25) is 14.6 Å². The number of hydrogen-bond acceptors (Lipinski definition) is 5. The van der Waals surface area contributed by atoms with Crippen LogP contribution in [0.15, 0.2) is 97.5 Å². The number of nitrogens with one attached hydrogen (secondary N) is 1. The van der Waals surface area contributed by atoms with Crippen molar-refractivity contribution in [3.63, 3.8) is 0 Å². The van der Waals surface area contributed by atoms with E-state index in [-0.39, 0.29) is 12.2 Å². The first-order valence-corrected chi connectivity index (χ1v) is 10.9. The quantitative estimate of drug-likeness (QED) is 0.405. The first-order chi connectivity index (χ1) is 17.1. The lowest BCUT2D eigenvalue weighted by Crippen LogP contribution is -2.41. The third kappa shape index (κ3) is 5.67. The number of para-hydroxylation sites is 1. The Hall–Kier alpha value is -4.59. The maximum atomic E-state index is 13.7. The van der Waals surface area contributed by atoms with Gasteiger partial charge in [0.05, 0.1) is 19.9 Å². The summed E-state index contributed by atoms with van der Waals surface area (Å²) in [4.78, 5) is 37.0. The number of halogens is 1. The molecule has 4 rings (SSSR count). The van der Waals surface area contributed by atoms with Crippen molar-refractivity contribution in [3.05, 3.63) is 120 Å². The van der Waals surface area contributed by atoms with Crippen LogP contribution < -0.4 is 10.1 Å². The van der Waals surface area contributed by atoms with Crippen LogP contribution in [-0.2, 0) is 11.3 Å². The Kier molecular flexibility index (Phi) is 7.42. The fourth-order valence-electron chi connectivity index (χ4n) is 3.71. The van der Waals surface area contributed by atoms with Crippen LogP contribution in [0.2, 0.25) is 0 Å². The Morgan fingerprint density at radius 1 is 0.971 bits per heavy atom. The predicted molar refractivity (Wildman–Crippen MR) is 129 cm³/mol. The highest BCUT2D eigenvalue weighted by Crippen LogP contribution is 2.29. The number of amides is 2. The number of rotatable bonds is 8. The highest BCUT2D eigenvalue weighted by molar-refractivity contribution is 6.00. The summed E-state index contributed by atoms with van der Waals surface area (Å²) in [6.07, 6.45) is 4.25. The Labute approximate surface area is 202 Å². The molecule has 0 spiro atoms. The Bertz CT molecular complexity index is 1280. The normalized spacial score (nSPS) is 11.4. The second kappa shape index (κ2) is 11.0. The maximum absolute atomic E-state index is 13.7. The van der Waals surface area contributed by atoms with Crippen LogP contribution >= 0.6 is 0 Å². The molecular formula is C27H23FN4O3. The zero-order valence-electron chi connectivity index (χ0n) is 19.0. The molecule has 1 heterocycles. The molecule has 0 aliphatic rings. The van der Waals surface area contributed by atoms with Gasteiger partial charge in [-0.2, -0.15) is 0 Å². The molecule has 0 aliphatic heterocycles. The fraction of sp³-hybridized carbons (Fsp3) is 0.111. The van der Waals surface area contributed by atoms with Gasteiger partial charge in [0.2, 0.25) is 0 Å². The van der Waals surface area contributed by atoms with Crippen molar-refractivity contribution in [1.82, 2.24) is 14.9 Å². The van der Waals surface area contributed by atoms with E-state index in [1.807, 2.05) is 24.3 Å². The molecule has 0 aliphatic carbocycles. The van der Waals surface area contributed by atoms with E-state index in [1.54, 1.807) is 37.4 Å². The summed E-state index contributed by atoms with van der Waals surface area (Å²) in [6.45, 7) is 0.0653. The number of nitrogens with zero attached hydrogens (tertiary/aromatic N) is 3. The molecule has 1 N–H and O–H groups in total. The molecule has 0 saturated carbocycles. The zero-order valence-corrected chi connectivity index (χ0v) is 19.0. The zero-order chi connectivity index (χ0) is 24.6. The minimum Gasteiger partial charge on any atom is -0.496 e. The van der Waals surface area contributed by atoms with Gasteiger partial charge in [0.25, 0.3) is 11.8 Å². The van der Waals surface area contributed by atoms with Crippen molar-refractivity contribution in [1.29, 1.82) is 0 Å². The van der Waals surface area contributed by atoms with Gasteiger partial charge in [-0.1, -0.05) is 48.5 Å². The Morgan fingerprint density at radius 3 is 2.37 bits per heavy atom. The van der Waals surface area contributed by atoms with Crippen LogP contribution in [-0.4, -0.2) is 33.8 Å². The van der Waals surface area contributed by atoms with Crippen molar-refractivity contribution in [3.8, 4) is 5.75 Å². The molecular weight excluding hydrogens is 447 g/mol. The van der Waals surface area contributed by atoms with E-state index >= 15 is 0 Å². The lowest BCUT2D eigenvalue weighted by atomic mass is 10.0. The minimum atomic E-state index is -1.03. The number of ether oxygens (including phenoxy) is 1. The van der Waals surface area contributed by atoms with E-state index in [0.717, 1.165) is 0 Å². The summed E-state index contributed by atoms with van der Waals surface area (Å²) in [5, 5.41) is 2.80. The minimum absolute atomic E-state index is 0.0653. The van der Waals surface area contributed by atoms with Crippen molar-refractivity contribution in [2.45, 2.75) is 12.6 Å². The van der Waals surface area contributed by atoms with Crippen LogP contribution in [0.1, 0.15) is 27.7 Å². The van der Waals surface area contributed by atoms with Gasteiger partial charge in [-0.05, 0) is 35.9 Å². The van der Waals surface area contributed by atoms with E-state index in [2.05, 4.69) is 15.3 Å². The van der Waals surface area contributed by atoms with Gasteiger partial charge in [-0.25, -0.2) is 9.37 Å². The van der Waals surface area contributed by atoms with E-state index in [1.165, 1.54) is 47.8 Å². The van der Waals surface area contributed by atoms with Crippen LogP contribution in [0, 0.1) is 5.82 Å². The molecule has 4 aromatic rings. The van der Waals surface area contributed by atoms with Gasteiger partial charge in [0.15, 0.2) is 0 Å². The van der Waals surface area contributed by atoms with E-state index in [0.29, 0.717) is 22.6 Å². The van der Waals surface area contributed by atoms with Crippen LogP contribution in [0.4, 0.5) is 10.1 Å². The number of benzene rings is 3. The number of methoxy groups -OCH3 is 1. The predicted octanol–water partition coefficient (Wildman–Crippen LogP) is 4.65. The third-order valence-corrected chi connectivity index (χ3v) is 5.36. The van der Waals surface area contributed by atoms with Crippen molar-refractivity contribution >= 4 is 17.5 Å². The topological polar surface area (TPSA) is 84.4 Å². The van der Waals surface area contributed by atoms with Gasteiger partial charge >= 0.3 is 0 Å². The molecule has 176 valence electrons. The molecule has 2 amide bonds. The first kappa shape index (κ1) is 23.6. The first-order valence-electron chi connectivity index (χ1n) is 10.9. The van der Waals surface area contributed by atoms with Crippen molar-refractivity contribution in [2.24, 2.45) is 0 Å². The molecule has 8 heteroatoms. The molecule has 0 bridgehead atoms. The van der Waals surface area contributed by atoms with Crippen molar-refractivity contribution in [2.75, 3.05) is 12.4 Å². The number of carbonyl (C=O) groups excluding carboxylic acids is 2. The lowest BCUT2D eigenvalue weighted by Gasteiger charge is -2.31. The summed E-state index contributed by atoms with van der Waals surface area (Å²) in [5.41, 5.74) is 1.81. The number of hydrogen-bond donors (Lipinski definition) is 1. The Morgan fingerprint density at radius 2 is 1.69 bits per heavy atom. The SMILES string of the molecule is COc1ccccc1CN(C(=O)c1cnccn1)[C@@H](C(=O)Nc1ccc(F)cc1)c1ccccc1. The molecule has 0 unspecified atom stereocenters. The van der Waals surface area contributed by atoms with Gasteiger partial charge in [0, 0.05) is 23.6 Å². The summed E-state index contributed by atoms with van der Waals surface area (Å²) < 4.78 is 18.9. The second-order valence-electron chi connectivity index (χ2n) is 7.64.